The van der Waals surface area contributed by atoms with Gasteiger partial charge in [-0.25, -0.2) is 4.98 Å². The molecule has 2 aromatic carbocycles. The Hall–Kier alpha value is -2.41. The van der Waals surface area contributed by atoms with Crippen LogP contribution in [0, 0.1) is 0 Å². The maximum atomic E-state index is 12.3. The van der Waals surface area contributed by atoms with Crippen LogP contribution >= 0.6 is 34.5 Å². The Labute approximate surface area is 157 Å². The number of amides is 2. The highest BCUT2D eigenvalue weighted by Crippen LogP contribution is 2.26. The van der Waals surface area contributed by atoms with Gasteiger partial charge in [-0.1, -0.05) is 35.3 Å². The van der Waals surface area contributed by atoms with E-state index in [1.54, 1.807) is 23.6 Å². The van der Waals surface area contributed by atoms with E-state index in [0.717, 1.165) is 5.56 Å². The Bertz CT molecular complexity index is 955. The summed E-state index contributed by atoms with van der Waals surface area (Å²) in [7, 11) is 0. The van der Waals surface area contributed by atoms with E-state index in [0.29, 0.717) is 15.7 Å². The van der Waals surface area contributed by atoms with E-state index in [4.69, 9.17) is 28.9 Å². The third kappa shape index (κ3) is 3.99. The number of benzene rings is 2. The average molecular weight is 392 g/mol. The molecular formula is C17H11Cl2N3O2S. The van der Waals surface area contributed by atoms with Gasteiger partial charge in [-0.05, 0) is 30.3 Å². The van der Waals surface area contributed by atoms with Gasteiger partial charge in [-0.2, -0.15) is 0 Å². The molecule has 3 aromatic rings. The highest BCUT2D eigenvalue weighted by Gasteiger charge is 2.14. The first-order valence-electron chi connectivity index (χ1n) is 7.06. The van der Waals surface area contributed by atoms with Crippen molar-refractivity contribution < 1.29 is 9.59 Å². The van der Waals surface area contributed by atoms with E-state index in [9.17, 15) is 9.59 Å². The summed E-state index contributed by atoms with van der Waals surface area (Å²) in [6.45, 7) is 0. The van der Waals surface area contributed by atoms with Crippen LogP contribution in [0.25, 0.3) is 10.6 Å². The van der Waals surface area contributed by atoms with E-state index in [1.807, 2.05) is 12.1 Å². The van der Waals surface area contributed by atoms with E-state index in [2.05, 4.69) is 10.3 Å². The number of nitrogens with one attached hydrogen (secondary N) is 1. The van der Waals surface area contributed by atoms with Crippen LogP contribution in [0.4, 0.5) is 5.69 Å². The number of carbonyl (C=O) groups excluding carboxylic acids is 2. The molecule has 1 aromatic heterocycles. The number of rotatable bonds is 4. The van der Waals surface area contributed by atoms with Gasteiger partial charge in [0.15, 0.2) is 0 Å². The molecule has 0 atom stereocenters. The molecule has 0 fully saturated rings. The number of nitrogens with zero attached hydrogens (tertiary/aromatic N) is 1. The van der Waals surface area contributed by atoms with Crippen LogP contribution in [0.15, 0.2) is 47.8 Å². The predicted octanol–water partition coefficient (Wildman–Crippen LogP) is 4.47. The van der Waals surface area contributed by atoms with Crippen LogP contribution in [0.3, 0.4) is 0 Å². The first-order valence-corrected chi connectivity index (χ1v) is 8.70. The van der Waals surface area contributed by atoms with Gasteiger partial charge in [0.1, 0.15) is 10.7 Å². The van der Waals surface area contributed by atoms with Crippen LogP contribution in [0.2, 0.25) is 10.0 Å². The molecule has 5 nitrogen and oxygen atoms in total. The molecule has 3 rings (SSSR count). The molecule has 126 valence electrons. The van der Waals surface area contributed by atoms with Crippen LogP contribution in [0.5, 0.6) is 0 Å². The second kappa shape index (κ2) is 7.23. The Balaban J connectivity index is 1.77. The molecular weight excluding hydrogens is 381 g/mol. The molecule has 0 bridgehead atoms. The number of primary amides is 1. The summed E-state index contributed by atoms with van der Waals surface area (Å²) < 4.78 is 0. The largest absolute Gasteiger partial charge is 0.366 e. The first kappa shape index (κ1) is 17.4. The quantitative estimate of drug-likeness (QED) is 0.687. The summed E-state index contributed by atoms with van der Waals surface area (Å²) in [6, 6.07) is 11.7. The predicted molar refractivity (Wildman–Crippen MR) is 100 cm³/mol. The van der Waals surface area contributed by atoms with Gasteiger partial charge >= 0.3 is 0 Å². The zero-order chi connectivity index (χ0) is 18.0. The van der Waals surface area contributed by atoms with Crippen molar-refractivity contribution in [3.05, 3.63) is 69.1 Å². The third-order valence-electron chi connectivity index (χ3n) is 3.32. The monoisotopic (exact) mass is 391 g/mol. The standard InChI is InChI=1S/C17H11Cl2N3O2S/c18-10-3-1-9(2-4-10)17-22-14(8-25-17)16(24)21-11-5-6-12(15(20)23)13(19)7-11/h1-8H,(H2,20,23)(H,21,24). The zero-order valence-corrected chi connectivity index (χ0v) is 15.0. The van der Waals surface area contributed by atoms with Crippen molar-refractivity contribution in [2.45, 2.75) is 0 Å². The van der Waals surface area contributed by atoms with Crippen molar-refractivity contribution in [1.29, 1.82) is 0 Å². The second-order valence-electron chi connectivity index (χ2n) is 5.06. The summed E-state index contributed by atoms with van der Waals surface area (Å²) in [4.78, 5) is 27.8. The van der Waals surface area contributed by atoms with Crippen LogP contribution in [-0.2, 0) is 0 Å². The summed E-state index contributed by atoms with van der Waals surface area (Å²) in [5, 5.41) is 5.87. The highest BCUT2D eigenvalue weighted by molar-refractivity contribution is 7.13. The van der Waals surface area contributed by atoms with Crippen molar-refractivity contribution in [3.8, 4) is 10.6 Å². The van der Waals surface area contributed by atoms with Crippen molar-refractivity contribution >= 4 is 52.0 Å². The molecule has 0 spiro atoms. The number of halogens is 2. The lowest BCUT2D eigenvalue weighted by molar-refractivity contribution is 0.0998. The van der Waals surface area contributed by atoms with Gasteiger partial charge < -0.3 is 11.1 Å². The number of aromatic nitrogens is 1. The maximum absolute atomic E-state index is 12.3. The van der Waals surface area contributed by atoms with Gasteiger partial charge in [0, 0.05) is 21.7 Å². The van der Waals surface area contributed by atoms with E-state index in [1.165, 1.54) is 23.5 Å². The zero-order valence-electron chi connectivity index (χ0n) is 12.6. The lowest BCUT2D eigenvalue weighted by atomic mass is 10.2. The van der Waals surface area contributed by atoms with E-state index < -0.39 is 5.91 Å². The van der Waals surface area contributed by atoms with Crippen molar-refractivity contribution in [2.24, 2.45) is 5.73 Å². The average Bonchev–Trinajstić information content (AvgIpc) is 3.05. The number of hydrogen-bond donors (Lipinski definition) is 2. The minimum atomic E-state index is -0.630. The van der Waals surface area contributed by atoms with Gasteiger partial charge in [-0.3, -0.25) is 9.59 Å². The number of nitrogens with two attached hydrogens (primary N) is 1. The van der Waals surface area contributed by atoms with Crippen molar-refractivity contribution in [1.82, 2.24) is 4.98 Å². The minimum absolute atomic E-state index is 0.172. The fourth-order valence-corrected chi connectivity index (χ4v) is 3.30. The summed E-state index contributed by atoms with van der Waals surface area (Å²) >= 11 is 13.2. The van der Waals surface area contributed by atoms with Crippen molar-refractivity contribution in [3.63, 3.8) is 0 Å². The van der Waals surface area contributed by atoms with Crippen LogP contribution in [-0.4, -0.2) is 16.8 Å². The number of carbonyl (C=O) groups is 2. The van der Waals surface area contributed by atoms with Crippen LogP contribution < -0.4 is 11.1 Å². The minimum Gasteiger partial charge on any atom is -0.366 e. The molecule has 0 aliphatic carbocycles. The lowest BCUT2D eigenvalue weighted by Gasteiger charge is -2.06. The number of thiazole rings is 1. The molecule has 0 unspecified atom stereocenters. The Morgan fingerprint density at radius 2 is 1.80 bits per heavy atom. The first-order chi connectivity index (χ1) is 11.9. The highest BCUT2D eigenvalue weighted by atomic mass is 35.5. The SMILES string of the molecule is NC(=O)c1ccc(NC(=O)c2csc(-c3ccc(Cl)cc3)n2)cc1Cl. The van der Waals surface area contributed by atoms with Gasteiger partial charge in [0.05, 0.1) is 10.6 Å². The van der Waals surface area contributed by atoms with Gasteiger partial charge in [0.2, 0.25) is 5.91 Å². The van der Waals surface area contributed by atoms with Crippen LogP contribution in [0.1, 0.15) is 20.8 Å². The Kier molecular flexibility index (Phi) is 5.03. The normalized spacial score (nSPS) is 10.5. The van der Waals surface area contributed by atoms with Gasteiger partial charge in [0.25, 0.3) is 5.91 Å². The lowest BCUT2D eigenvalue weighted by Crippen LogP contribution is -2.14. The van der Waals surface area contributed by atoms with Gasteiger partial charge in [-0.15, -0.1) is 11.3 Å². The molecule has 0 aliphatic heterocycles. The topological polar surface area (TPSA) is 85.1 Å². The summed E-state index contributed by atoms with van der Waals surface area (Å²) in [6.07, 6.45) is 0. The third-order valence-corrected chi connectivity index (χ3v) is 4.78. The molecule has 0 saturated heterocycles. The summed E-state index contributed by atoms with van der Waals surface area (Å²) in [5.74, 6) is -1.01. The number of hydrogen-bond acceptors (Lipinski definition) is 4. The van der Waals surface area contributed by atoms with E-state index in [-0.39, 0.29) is 22.2 Å². The molecule has 2 amide bonds. The Morgan fingerprint density at radius 1 is 1.08 bits per heavy atom. The molecule has 1 heterocycles. The fraction of sp³-hybridized carbons (Fsp3) is 0. The number of anilines is 1. The second-order valence-corrected chi connectivity index (χ2v) is 6.76. The fourth-order valence-electron chi connectivity index (χ4n) is 2.09. The molecule has 0 radical (unpaired) electrons. The maximum Gasteiger partial charge on any atom is 0.275 e. The molecule has 0 aliphatic rings. The molecule has 8 heteroatoms. The summed E-state index contributed by atoms with van der Waals surface area (Å²) in [5.41, 5.74) is 6.99. The smallest absolute Gasteiger partial charge is 0.275 e. The molecule has 25 heavy (non-hydrogen) atoms. The van der Waals surface area contributed by atoms with E-state index >= 15 is 0 Å². The molecule has 0 saturated carbocycles. The van der Waals surface area contributed by atoms with Crippen molar-refractivity contribution in [2.75, 3.05) is 5.32 Å². The molecule has 3 N–H and O–H groups in total. The Morgan fingerprint density at radius 3 is 2.44 bits per heavy atom.